The summed E-state index contributed by atoms with van der Waals surface area (Å²) in [4.78, 5) is 11.8. The minimum Gasteiger partial charge on any atom is -0.349 e. The maximum atomic E-state index is 11.8. The first-order valence-corrected chi connectivity index (χ1v) is 5.89. The summed E-state index contributed by atoms with van der Waals surface area (Å²) < 4.78 is 0.971. The van der Waals surface area contributed by atoms with Gasteiger partial charge in [-0.15, -0.1) is 6.58 Å². The van der Waals surface area contributed by atoms with Crippen LogP contribution in [-0.2, 0) is 0 Å². The molecule has 1 aromatic rings. The Morgan fingerprint density at radius 1 is 1.60 bits per heavy atom. The van der Waals surface area contributed by atoms with Gasteiger partial charge in [0.25, 0.3) is 5.91 Å². The Morgan fingerprint density at radius 3 is 2.87 bits per heavy atom. The average Bonchev–Trinajstić information content (AvgIpc) is 2.18. The maximum Gasteiger partial charge on any atom is 0.252 e. The number of hydrogen-bond acceptors (Lipinski definition) is 1. The van der Waals surface area contributed by atoms with Gasteiger partial charge in [-0.3, -0.25) is 4.79 Å². The van der Waals surface area contributed by atoms with Crippen molar-refractivity contribution in [3.05, 3.63) is 46.1 Å². The van der Waals surface area contributed by atoms with E-state index in [-0.39, 0.29) is 11.9 Å². The molecule has 1 atom stereocenters. The number of hydrogen-bond donors (Lipinski definition) is 1. The molecule has 0 unspecified atom stereocenters. The number of benzene rings is 1. The van der Waals surface area contributed by atoms with Crippen molar-refractivity contribution >= 4 is 28.5 Å². The predicted molar refractivity (Wildman–Crippen MR) is 70.9 cm³/mol. The van der Waals surface area contributed by atoms with Crippen LogP contribution < -0.4 is 5.32 Å². The zero-order chi connectivity index (χ0) is 11.3. The standard InChI is InChI=1S/C12H14INO/c1-3-6-9(2)14-12(15)10-7-4-5-8-11(10)13/h3-5,7-9H,1,6H2,2H3,(H,14,15)/t9-/m0/s1. The molecule has 0 bridgehead atoms. The van der Waals surface area contributed by atoms with Crippen LogP contribution in [0.5, 0.6) is 0 Å². The van der Waals surface area contributed by atoms with Crippen LogP contribution in [0.1, 0.15) is 23.7 Å². The van der Waals surface area contributed by atoms with E-state index in [1.54, 1.807) is 6.08 Å². The van der Waals surface area contributed by atoms with E-state index in [0.717, 1.165) is 15.6 Å². The van der Waals surface area contributed by atoms with Gasteiger partial charge in [-0.25, -0.2) is 0 Å². The second kappa shape index (κ2) is 5.90. The molecule has 15 heavy (non-hydrogen) atoms. The number of carbonyl (C=O) groups excluding carboxylic acids is 1. The number of carbonyl (C=O) groups is 1. The zero-order valence-corrected chi connectivity index (χ0v) is 10.8. The van der Waals surface area contributed by atoms with Crippen LogP contribution >= 0.6 is 22.6 Å². The van der Waals surface area contributed by atoms with Gasteiger partial charge in [0.1, 0.15) is 0 Å². The summed E-state index contributed by atoms with van der Waals surface area (Å²) in [5.74, 6) is -0.0191. The molecule has 1 amide bonds. The van der Waals surface area contributed by atoms with Crippen molar-refractivity contribution in [3.8, 4) is 0 Å². The SMILES string of the molecule is C=CC[C@H](C)NC(=O)c1ccccc1I. The molecule has 1 N–H and O–H groups in total. The minimum absolute atomic E-state index is 0.0191. The molecule has 0 saturated carbocycles. The molecular weight excluding hydrogens is 301 g/mol. The lowest BCUT2D eigenvalue weighted by Gasteiger charge is -2.12. The Bertz CT molecular complexity index is 362. The largest absolute Gasteiger partial charge is 0.349 e. The Morgan fingerprint density at radius 2 is 2.27 bits per heavy atom. The van der Waals surface area contributed by atoms with E-state index in [1.807, 2.05) is 31.2 Å². The van der Waals surface area contributed by atoms with Gasteiger partial charge in [0.2, 0.25) is 0 Å². The van der Waals surface area contributed by atoms with Crippen molar-refractivity contribution in [3.63, 3.8) is 0 Å². The normalized spacial score (nSPS) is 11.9. The molecule has 0 radical (unpaired) electrons. The third-order valence-electron chi connectivity index (χ3n) is 2.02. The fourth-order valence-electron chi connectivity index (χ4n) is 1.26. The van der Waals surface area contributed by atoms with E-state index < -0.39 is 0 Å². The van der Waals surface area contributed by atoms with Gasteiger partial charge < -0.3 is 5.32 Å². The van der Waals surface area contributed by atoms with E-state index in [4.69, 9.17) is 0 Å². The smallest absolute Gasteiger partial charge is 0.252 e. The fourth-order valence-corrected chi connectivity index (χ4v) is 1.89. The molecule has 3 heteroatoms. The second-order valence-corrected chi connectivity index (χ2v) is 4.54. The summed E-state index contributed by atoms with van der Waals surface area (Å²) in [5, 5.41) is 2.92. The van der Waals surface area contributed by atoms with Crippen LogP contribution in [0.15, 0.2) is 36.9 Å². The van der Waals surface area contributed by atoms with E-state index >= 15 is 0 Å². The van der Waals surface area contributed by atoms with Crippen LogP contribution in [-0.4, -0.2) is 11.9 Å². The van der Waals surface area contributed by atoms with E-state index in [9.17, 15) is 4.79 Å². The van der Waals surface area contributed by atoms with Crippen molar-refractivity contribution in [1.82, 2.24) is 5.32 Å². The molecule has 0 aliphatic heterocycles. The number of halogens is 1. The molecule has 0 aliphatic rings. The van der Waals surface area contributed by atoms with E-state index in [0.29, 0.717) is 0 Å². The molecule has 1 aromatic carbocycles. The van der Waals surface area contributed by atoms with Crippen LogP contribution in [0.25, 0.3) is 0 Å². The van der Waals surface area contributed by atoms with Crippen LogP contribution in [0.2, 0.25) is 0 Å². The van der Waals surface area contributed by atoms with E-state index in [2.05, 4.69) is 34.5 Å². The predicted octanol–water partition coefficient (Wildman–Crippen LogP) is 2.99. The molecule has 2 nitrogen and oxygen atoms in total. The van der Waals surface area contributed by atoms with E-state index in [1.165, 1.54) is 0 Å². The first kappa shape index (κ1) is 12.2. The highest BCUT2D eigenvalue weighted by Crippen LogP contribution is 2.11. The number of amides is 1. The van der Waals surface area contributed by atoms with Crippen molar-refractivity contribution in [2.24, 2.45) is 0 Å². The molecule has 0 aliphatic carbocycles. The molecule has 0 saturated heterocycles. The van der Waals surface area contributed by atoms with Gasteiger partial charge in [-0.05, 0) is 48.1 Å². The fraction of sp³-hybridized carbons (Fsp3) is 0.250. The lowest BCUT2D eigenvalue weighted by Crippen LogP contribution is -2.32. The summed E-state index contributed by atoms with van der Waals surface area (Å²) in [6.07, 6.45) is 2.59. The highest BCUT2D eigenvalue weighted by Gasteiger charge is 2.10. The Kier molecular flexibility index (Phi) is 4.81. The van der Waals surface area contributed by atoms with Gasteiger partial charge in [-0.2, -0.15) is 0 Å². The lowest BCUT2D eigenvalue weighted by molar-refractivity contribution is 0.0939. The van der Waals surface area contributed by atoms with Crippen molar-refractivity contribution in [2.45, 2.75) is 19.4 Å². The molecular formula is C12H14INO. The molecule has 80 valence electrons. The first-order chi connectivity index (χ1) is 7.15. The zero-order valence-electron chi connectivity index (χ0n) is 8.66. The van der Waals surface area contributed by atoms with Crippen molar-refractivity contribution in [2.75, 3.05) is 0 Å². The highest BCUT2D eigenvalue weighted by atomic mass is 127. The quantitative estimate of drug-likeness (QED) is 0.672. The number of nitrogens with one attached hydrogen (secondary N) is 1. The van der Waals surface area contributed by atoms with Crippen LogP contribution in [0, 0.1) is 3.57 Å². The van der Waals surface area contributed by atoms with Gasteiger partial charge in [0, 0.05) is 9.61 Å². The summed E-state index contributed by atoms with van der Waals surface area (Å²) >= 11 is 2.16. The first-order valence-electron chi connectivity index (χ1n) is 4.81. The molecule has 1 rings (SSSR count). The molecule has 0 heterocycles. The lowest BCUT2D eigenvalue weighted by atomic mass is 10.2. The van der Waals surface area contributed by atoms with Crippen LogP contribution in [0.4, 0.5) is 0 Å². The Labute approximate surface area is 104 Å². The molecule has 0 spiro atoms. The second-order valence-electron chi connectivity index (χ2n) is 3.38. The average molecular weight is 315 g/mol. The molecule has 0 fully saturated rings. The van der Waals surface area contributed by atoms with Gasteiger partial charge >= 0.3 is 0 Å². The molecule has 0 aromatic heterocycles. The van der Waals surface area contributed by atoms with Gasteiger partial charge in [0.15, 0.2) is 0 Å². The summed E-state index contributed by atoms with van der Waals surface area (Å²) in [5.41, 5.74) is 0.731. The summed E-state index contributed by atoms with van der Waals surface area (Å²) in [6.45, 7) is 5.61. The third-order valence-corrected chi connectivity index (χ3v) is 2.96. The number of rotatable bonds is 4. The Hall–Kier alpha value is -0.840. The summed E-state index contributed by atoms with van der Waals surface area (Å²) in [6, 6.07) is 7.68. The van der Waals surface area contributed by atoms with Crippen molar-refractivity contribution in [1.29, 1.82) is 0 Å². The van der Waals surface area contributed by atoms with Gasteiger partial charge in [0.05, 0.1) is 5.56 Å². The topological polar surface area (TPSA) is 29.1 Å². The van der Waals surface area contributed by atoms with Crippen molar-refractivity contribution < 1.29 is 4.79 Å². The minimum atomic E-state index is -0.0191. The highest BCUT2D eigenvalue weighted by molar-refractivity contribution is 14.1. The van der Waals surface area contributed by atoms with Gasteiger partial charge in [-0.1, -0.05) is 18.2 Å². The maximum absolute atomic E-state index is 11.8. The Balaban J connectivity index is 2.69. The summed E-state index contributed by atoms with van der Waals surface area (Å²) in [7, 11) is 0. The third kappa shape index (κ3) is 3.66. The monoisotopic (exact) mass is 315 g/mol. The van der Waals surface area contributed by atoms with Crippen LogP contribution in [0.3, 0.4) is 0 Å².